The van der Waals surface area contributed by atoms with Crippen LogP contribution in [0.25, 0.3) is 0 Å². The van der Waals surface area contributed by atoms with Crippen molar-refractivity contribution in [2.24, 2.45) is 0 Å². The molecule has 13 heteroatoms. The largest absolute Gasteiger partial charge is 0.457 e. The molecule has 0 saturated heterocycles. The predicted molar refractivity (Wildman–Crippen MR) is 38.4 cm³/mol. The van der Waals surface area contributed by atoms with Crippen molar-refractivity contribution < 1.29 is 57.1 Å². The van der Waals surface area contributed by atoms with Gasteiger partial charge in [0, 0.05) is 0 Å². The first-order valence-corrected chi connectivity index (χ1v) is 4.43. The molecule has 1 aromatic rings. The van der Waals surface area contributed by atoms with E-state index >= 15 is 0 Å². The van der Waals surface area contributed by atoms with Crippen LogP contribution in [-0.4, -0.2) is 18.3 Å². The molecule has 1 aromatic heterocycles. The third-order valence-corrected chi connectivity index (χ3v) is 2.25. The van der Waals surface area contributed by atoms with E-state index in [1.807, 2.05) is 0 Å². The standard InChI is InChI=1S/C8F12O/c9-1-2(10)4(11)21-3(1)5(12,7(15,16)17)6(13,14)8(18,19)20. The van der Waals surface area contributed by atoms with Gasteiger partial charge in [0.2, 0.25) is 11.6 Å². The summed E-state index contributed by atoms with van der Waals surface area (Å²) < 4.78 is 152. The fourth-order valence-electron chi connectivity index (χ4n) is 1.23. The Labute approximate surface area is 106 Å². The van der Waals surface area contributed by atoms with E-state index in [9.17, 15) is 52.7 Å². The van der Waals surface area contributed by atoms with E-state index in [1.54, 1.807) is 0 Å². The van der Waals surface area contributed by atoms with Crippen molar-refractivity contribution in [3.05, 3.63) is 23.4 Å². The van der Waals surface area contributed by atoms with E-state index in [1.165, 1.54) is 0 Å². The molecule has 1 nitrogen and oxygen atoms in total. The maximum Gasteiger partial charge on any atom is 0.457 e. The summed E-state index contributed by atoms with van der Waals surface area (Å²) in [6.07, 6.45) is -14.3. The van der Waals surface area contributed by atoms with Gasteiger partial charge in [0.05, 0.1) is 0 Å². The van der Waals surface area contributed by atoms with Crippen LogP contribution in [0, 0.1) is 17.6 Å². The normalized spacial score (nSPS) is 17.0. The zero-order chi connectivity index (χ0) is 17.0. The second-order valence-electron chi connectivity index (χ2n) is 3.56. The summed E-state index contributed by atoms with van der Waals surface area (Å²) >= 11 is 0. The van der Waals surface area contributed by atoms with Crippen LogP contribution < -0.4 is 0 Å². The van der Waals surface area contributed by atoms with Gasteiger partial charge >= 0.3 is 30.0 Å². The molecule has 122 valence electrons. The van der Waals surface area contributed by atoms with Crippen molar-refractivity contribution in [2.75, 3.05) is 0 Å². The van der Waals surface area contributed by atoms with E-state index in [0.29, 0.717) is 0 Å². The Balaban J connectivity index is 3.76. The summed E-state index contributed by atoms with van der Waals surface area (Å²) in [6, 6.07) is -2.92. The van der Waals surface area contributed by atoms with Crippen LogP contribution in [0.15, 0.2) is 4.42 Å². The van der Waals surface area contributed by atoms with Crippen LogP contribution in [0.5, 0.6) is 0 Å². The van der Waals surface area contributed by atoms with Gasteiger partial charge in [-0.2, -0.15) is 48.3 Å². The fourth-order valence-corrected chi connectivity index (χ4v) is 1.23. The quantitative estimate of drug-likeness (QED) is 0.716. The Bertz CT molecular complexity index is 537. The van der Waals surface area contributed by atoms with Crippen molar-refractivity contribution in [3.8, 4) is 0 Å². The molecule has 1 rings (SSSR count). The summed E-state index contributed by atoms with van der Waals surface area (Å²) in [6.45, 7) is 0. The summed E-state index contributed by atoms with van der Waals surface area (Å²) in [5, 5.41) is 0. The van der Waals surface area contributed by atoms with Gasteiger partial charge in [-0.3, -0.25) is 0 Å². The molecule has 0 bridgehead atoms. The van der Waals surface area contributed by atoms with Crippen LogP contribution in [-0.2, 0) is 5.67 Å². The van der Waals surface area contributed by atoms with Gasteiger partial charge in [-0.1, -0.05) is 0 Å². The number of furan rings is 1. The second kappa shape index (κ2) is 4.47. The molecule has 1 heterocycles. The summed E-state index contributed by atoms with van der Waals surface area (Å²) in [5.74, 6) is -17.1. The maximum absolute atomic E-state index is 13.5. The first-order valence-electron chi connectivity index (χ1n) is 4.43. The first-order chi connectivity index (χ1) is 9.09. The monoisotopic (exact) mass is 340 g/mol. The highest BCUT2D eigenvalue weighted by Crippen LogP contribution is 2.59. The minimum Gasteiger partial charge on any atom is -0.427 e. The SMILES string of the molecule is Fc1oc(C(F)(C(F)(F)F)C(F)(F)C(F)(F)F)c(F)c1F. The highest BCUT2D eigenvalue weighted by Gasteiger charge is 2.84. The first kappa shape index (κ1) is 17.5. The van der Waals surface area contributed by atoms with Crippen LogP contribution in [0.1, 0.15) is 5.76 Å². The van der Waals surface area contributed by atoms with Crippen molar-refractivity contribution in [3.63, 3.8) is 0 Å². The highest BCUT2D eigenvalue weighted by atomic mass is 19.4. The minimum atomic E-state index is -7.28. The lowest BCUT2D eigenvalue weighted by atomic mass is 9.92. The zero-order valence-corrected chi connectivity index (χ0v) is 8.94. The molecule has 1 atom stereocenters. The maximum atomic E-state index is 13.5. The number of hydrogen-bond donors (Lipinski definition) is 0. The molecule has 0 fully saturated rings. The average molecular weight is 340 g/mol. The van der Waals surface area contributed by atoms with Crippen molar-refractivity contribution in [2.45, 2.75) is 23.9 Å². The molecule has 0 amide bonds. The van der Waals surface area contributed by atoms with Gasteiger partial charge in [-0.25, -0.2) is 4.39 Å². The molecule has 0 spiro atoms. The molecule has 21 heavy (non-hydrogen) atoms. The molecule has 0 saturated carbocycles. The van der Waals surface area contributed by atoms with E-state index in [0.717, 1.165) is 0 Å². The number of rotatable bonds is 2. The Kier molecular flexibility index (Phi) is 3.72. The smallest absolute Gasteiger partial charge is 0.427 e. The van der Waals surface area contributed by atoms with Gasteiger partial charge in [0.1, 0.15) is 0 Å². The minimum absolute atomic E-state index is 2.83. The van der Waals surface area contributed by atoms with Crippen LogP contribution >= 0.6 is 0 Å². The molecule has 0 N–H and O–H groups in total. The van der Waals surface area contributed by atoms with Gasteiger partial charge in [-0.05, 0) is 0 Å². The summed E-state index contributed by atoms with van der Waals surface area (Å²) in [5.41, 5.74) is -6.87. The van der Waals surface area contributed by atoms with Crippen LogP contribution in [0.4, 0.5) is 52.7 Å². The van der Waals surface area contributed by atoms with E-state index in [4.69, 9.17) is 0 Å². The fraction of sp³-hybridized carbons (Fsp3) is 0.500. The molecule has 0 aliphatic heterocycles. The third-order valence-electron chi connectivity index (χ3n) is 2.25. The second-order valence-corrected chi connectivity index (χ2v) is 3.56. The Hall–Kier alpha value is -1.56. The summed E-state index contributed by atoms with van der Waals surface area (Å²) in [4.78, 5) is 0. The zero-order valence-electron chi connectivity index (χ0n) is 8.94. The molecule has 0 aromatic carbocycles. The van der Waals surface area contributed by atoms with Gasteiger partial charge in [0.25, 0.3) is 0 Å². The van der Waals surface area contributed by atoms with Crippen molar-refractivity contribution in [1.29, 1.82) is 0 Å². The van der Waals surface area contributed by atoms with Crippen LogP contribution in [0.2, 0.25) is 0 Å². The van der Waals surface area contributed by atoms with Gasteiger partial charge in [0.15, 0.2) is 5.76 Å². The molecular weight excluding hydrogens is 340 g/mol. The van der Waals surface area contributed by atoms with Crippen LogP contribution in [0.3, 0.4) is 0 Å². The average Bonchev–Trinajstić information content (AvgIpc) is 2.53. The molecule has 0 aliphatic carbocycles. The number of alkyl halides is 9. The molecule has 0 radical (unpaired) electrons. The van der Waals surface area contributed by atoms with Gasteiger partial charge < -0.3 is 4.42 Å². The summed E-state index contributed by atoms with van der Waals surface area (Å²) in [7, 11) is 0. The highest BCUT2D eigenvalue weighted by molar-refractivity contribution is 5.22. The molecular formula is C8F12O. The molecule has 1 unspecified atom stereocenters. The van der Waals surface area contributed by atoms with Gasteiger partial charge in [-0.15, -0.1) is 0 Å². The predicted octanol–water partition coefficient (Wildman–Crippen LogP) is 4.62. The number of halogens is 12. The van der Waals surface area contributed by atoms with E-state index in [2.05, 4.69) is 4.42 Å². The molecule has 0 aliphatic rings. The Morgan fingerprint density at radius 3 is 1.29 bits per heavy atom. The lowest BCUT2D eigenvalue weighted by Crippen LogP contribution is -2.60. The van der Waals surface area contributed by atoms with E-state index in [-0.39, 0.29) is 0 Å². The Morgan fingerprint density at radius 2 is 1.05 bits per heavy atom. The lowest BCUT2D eigenvalue weighted by molar-refractivity contribution is -0.393. The van der Waals surface area contributed by atoms with E-state index < -0.39 is 47.4 Å². The van der Waals surface area contributed by atoms with Crippen molar-refractivity contribution >= 4 is 0 Å². The third kappa shape index (κ3) is 2.21. The number of hydrogen-bond acceptors (Lipinski definition) is 1. The van der Waals surface area contributed by atoms with Crippen molar-refractivity contribution in [1.82, 2.24) is 0 Å². The Morgan fingerprint density at radius 1 is 0.619 bits per heavy atom. The lowest BCUT2D eigenvalue weighted by Gasteiger charge is -2.34. The topological polar surface area (TPSA) is 13.1 Å².